The molecule has 0 fully saturated rings. The van der Waals surface area contributed by atoms with E-state index in [9.17, 15) is 4.79 Å². The maximum absolute atomic E-state index is 12.4. The minimum atomic E-state index is -0.175. The zero-order valence-corrected chi connectivity index (χ0v) is 20.7. The second-order valence-corrected chi connectivity index (χ2v) is 10.2. The summed E-state index contributed by atoms with van der Waals surface area (Å²) in [7, 11) is 2.09. The van der Waals surface area contributed by atoms with Crippen molar-refractivity contribution < 1.29 is 14.3 Å². The summed E-state index contributed by atoms with van der Waals surface area (Å²) >= 11 is 0. The number of aryl methyl sites for hydroxylation is 1. The van der Waals surface area contributed by atoms with Crippen molar-refractivity contribution in [3.63, 3.8) is 0 Å². The Kier molecular flexibility index (Phi) is 8.23. The standard InChI is InChI=1S/C28H33O3P/c1-6-28(4,32-27-20(2)12-10-16-24(27)21(3)29)25-17-11-15-23(26(25)31-19-30-5)18-22-13-8-7-9-14-22/h7-17,32H,6,18-19H2,1-5H3. The number of Topliss-reactive ketones (excluding diaryl/α,β-unsaturated/α-hetero) is 1. The maximum Gasteiger partial charge on any atom is 0.188 e. The van der Waals surface area contributed by atoms with Crippen molar-refractivity contribution in [3.8, 4) is 5.75 Å². The first kappa shape index (κ1) is 24.2. The predicted molar refractivity (Wildman–Crippen MR) is 135 cm³/mol. The number of para-hydroxylation sites is 1. The first-order chi connectivity index (χ1) is 15.4. The number of benzene rings is 3. The largest absolute Gasteiger partial charge is 0.467 e. The van der Waals surface area contributed by atoms with Crippen LogP contribution in [0.5, 0.6) is 5.75 Å². The van der Waals surface area contributed by atoms with Crippen LogP contribution in [0.1, 0.15) is 59.8 Å². The third-order valence-electron chi connectivity index (χ3n) is 6.01. The fourth-order valence-corrected chi connectivity index (χ4v) is 5.75. The van der Waals surface area contributed by atoms with E-state index in [2.05, 4.69) is 69.3 Å². The van der Waals surface area contributed by atoms with Crippen LogP contribution in [0, 0.1) is 6.92 Å². The van der Waals surface area contributed by atoms with Gasteiger partial charge in [-0.25, -0.2) is 0 Å². The van der Waals surface area contributed by atoms with Crippen LogP contribution in [0.2, 0.25) is 0 Å². The Labute approximate surface area is 193 Å². The molecule has 0 aromatic heterocycles. The highest BCUT2D eigenvalue weighted by atomic mass is 31.1. The van der Waals surface area contributed by atoms with Crippen molar-refractivity contribution in [2.24, 2.45) is 0 Å². The summed E-state index contributed by atoms with van der Waals surface area (Å²) in [6.07, 6.45) is 1.72. The number of ketones is 1. The Morgan fingerprint density at radius 1 is 1.00 bits per heavy atom. The average Bonchev–Trinajstić information content (AvgIpc) is 2.79. The molecule has 2 atom stereocenters. The van der Waals surface area contributed by atoms with E-state index in [0.29, 0.717) is 8.58 Å². The summed E-state index contributed by atoms with van der Waals surface area (Å²) in [6.45, 7) is 8.44. The molecule has 3 aromatic carbocycles. The lowest BCUT2D eigenvalue weighted by Gasteiger charge is -2.33. The Balaban J connectivity index is 2.09. The minimum absolute atomic E-state index is 0.114. The Bertz CT molecular complexity index is 1060. The molecule has 2 unspecified atom stereocenters. The van der Waals surface area contributed by atoms with Gasteiger partial charge in [-0.1, -0.05) is 89.2 Å². The molecule has 0 spiro atoms. The van der Waals surface area contributed by atoms with Crippen LogP contribution in [-0.4, -0.2) is 19.7 Å². The number of methoxy groups -OCH3 is 1. The molecule has 32 heavy (non-hydrogen) atoms. The first-order valence-corrected chi connectivity index (χ1v) is 12.1. The molecule has 0 radical (unpaired) electrons. The fourth-order valence-electron chi connectivity index (χ4n) is 4.01. The van der Waals surface area contributed by atoms with Crippen LogP contribution in [0.4, 0.5) is 0 Å². The van der Waals surface area contributed by atoms with Gasteiger partial charge in [-0.15, -0.1) is 0 Å². The lowest BCUT2D eigenvalue weighted by atomic mass is 9.92. The predicted octanol–water partition coefficient (Wildman–Crippen LogP) is 6.40. The molecule has 0 saturated carbocycles. The van der Waals surface area contributed by atoms with E-state index < -0.39 is 0 Å². The number of hydrogen-bond donors (Lipinski definition) is 0. The summed E-state index contributed by atoms with van der Waals surface area (Å²) < 4.78 is 11.5. The van der Waals surface area contributed by atoms with Crippen LogP contribution < -0.4 is 10.0 Å². The van der Waals surface area contributed by atoms with Crippen molar-refractivity contribution in [3.05, 3.63) is 94.5 Å². The van der Waals surface area contributed by atoms with Crippen LogP contribution in [0.15, 0.2) is 66.7 Å². The molecular formula is C28H33O3P. The molecule has 0 saturated heterocycles. The second kappa shape index (κ2) is 10.9. The SMILES string of the molecule is CCC(C)(Pc1c(C)cccc1C(C)=O)c1cccc(Cc2ccccc2)c1OCOC. The van der Waals surface area contributed by atoms with Gasteiger partial charge in [0.25, 0.3) is 0 Å². The number of hydrogen-bond acceptors (Lipinski definition) is 3. The van der Waals surface area contributed by atoms with Crippen molar-refractivity contribution in [2.45, 2.75) is 45.7 Å². The van der Waals surface area contributed by atoms with E-state index in [1.165, 1.54) is 11.1 Å². The van der Waals surface area contributed by atoms with Gasteiger partial charge in [-0.3, -0.25) is 4.79 Å². The lowest BCUT2D eigenvalue weighted by molar-refractivity contribution is 0.0494. The van der Waals surface area contributed by atoms with Gasteiger partial charge >= 0.3 is 0 Å². The van der Waals surface area contributed by atoms with Crippen molar-refractivity contribution in [1.29, 1.82) is 0 Å². The molecule has 0 aliphatic rings. The molecular weight excluding hydrogens is 415 g/mol. The van der Waals surface area contributed by atoms with Crippen molar-refractivity contribution in [1.82, 2.24) is 0 Å². The number of carbonyl (C=O) groups excluding carboxylic acids is 1. The van der Waals surface area contributed by atoms with Crippen LogP contribution in [-0.2, 0) is 16.3 Å². The molecule has 0 amide bonds. The summed E-state index contributed by atoms with van der Waals surface area (Å²) in [4.78, 5) is 12.4. The summed E-state index contributed by atoms with van der Waals surface area (Å²) in [5, 5.41) is 0.974. The third kappa shape index (κ3) is 5.46. The highest BCUT2D eigenvalue weighted by molar-refractivity contribution is 7.49. The van der Waals surface area contributed by atoms with E-state index in [4.69, 9.17) is 9.47 Å². The van der Waals surface area contributed by atoms with Gasteiger partial charge in [0.05, 0.1) is 0 Å². The van der Waals surface area contributed by atoms with E-state index in [-0.39, 0.29) is 17.7 Å². The van der Waals surface area contributed by atoms with Crippen LogP contribution in [0.3, 0.4) is 0 Å². The topological polar surface area (TPSA) is 35.5 Å². The van der Waals surface area contributed by atoms with E-state index in [1.54, 1.807) is 14.0 Å². The molecule has 0 N–H and O–H groups in total. The van der Waals surface area contributed by atoms with Gasteiger partial charge in [0, 0.05) is 29.8 Å². The highest BCUT2D eigenvalue weighted by Crippen LogP contribution is 2.49. The minimum Gasteiger partial charge on any atom is -0.467 e. The normalized spacial score (nSPS) is 13.3. The Hall–Kier alpha value is -2.48. The van der Waals surface area contributed by atoms with Gasteiger partial charge in [0.1, 0.15) is 5.75 Å². The van der Waals surface area contributed by atoms with Crippen LogP contribution >= 0.6 is 8.58 Å². The van der Waals surface area contributed by atoms with Gasteiger partial charge < -0.3 is 9.47 Å². The van der Waals surface area contributed by atoms with Crippen molar-refractivity contribution >= 4 is 19.7 Å². The summed E-state index contributed by atoms with van der Waals surface area (Å²) in [6, 6.07) is 22.9. The van der Waals surface area contributed by atoms with Crippen LogP contribution in [0.25, 0.3) is 0 Å². The van der Waals surface area contributed by atoms with E-state index >= 15 is 0 Å². The maximum atomic E-state index is 12.4. The zero-order valence-electron chi connectivity index (χ0n) is 19.7. The number of rotatable bonds is 10. The number of carbonyl (C=O) groups is 1. The smallest absolute Gasteiger partial charge is 0.188 e. The molecule has 0 aliphatic heterocycles. The molecule has 3 rings (SSSR count). The Morgan fingerprint density at radius 2 is 1.72 bits per heavy atom. The molecule has 168 valence electrons. The van der Waals surface area contributed by atoms with E-state index in [0.717, 1.165) is 40.6 Å². The fraction of sp³-hybridized carbons (Fsp3) is 0.321. The lowest BCUT2D eigenvalue weighted by Crippen LogP contribution is -2.24. The third-order valence-corrected chi connectivity index (χ3v) is 8.10. The van der Waals surface area contributed by atoms with Gasteiger partial charge in [-0.2, -0.15) is 0 Å². The highest BCUT2D eigenvalue weighted by Gasteiger charge is 2.31. The van der Waals surface area contributed by atoms with Gasteiger partial charge in [-0.05, 0) is 42.3 Å². The van der Waals surface area contributed by atoms with E-state index in [1.807, 2.05) is 18.2 Å². The van der Waals surface area contributed by atoms with Gasteiger partial charge in [0.15, 0.2) is 12.6 Å². The summed E-state index contributed by atoms with van der Waals surface area (Å²) in [5.41, 5.74) is 5.54. The average molecular weight is 449 g/mol. The monoisotopic (exact) mass is 448 g/mol. The second-order valence-electron chi connectivity index (χ2n) is 8.37. The molecule has 0 heterocycles. The molecule has 3 aromatic rings. The molecule has 3 nitrogen and oxygen atoms in total. The first-order valence-electron chi connectivity index (χ1n) is 11.1. The quantitative estimate of drug-likeness (QED) is 0.205. The zero-order chi connectivity index (χ0) is 23.1. The molecule has 0 aliphatic carbocycles. The molecule has 4 heteroatoms. The summed E-state index contributed by atoms with van der Waals surface area (Å²) in [5.74, 6) is 1.01. The number of ether oxygens (including phenoxy) is 2. The molecule has 0 bridgehead atoms. The van der Waals surface area contributed by atoms with Crippen molar-refractivity contribution in [2.75, 3.05) is 13.9 Å². The Morgan fingerprint density at radius 3 is 2.38 bits per heavy atom. The van der Waals surface area contributed by atoms with Gasteiger partial charge in [0.2, 0.25) is 0 Å².